The highest BCUT2D eigenvalue weighted by molar-refractivity contribution is 7.13. The molecule has 0 unspecified atom stereocenters. The number of aromatic amines is 1. The number of aromatic nitrogens is 2. The number of carboxylic acids is 1. The van der Waals surface area contributed by atoms with Crippen LogP contribution in [-0.2, 0) is 17.6 Å². The van der Waals surface area contributed by atoms with Gasteiger partial charge in [0.15, 0.2) is 0 Å². The third-order valence-electron chi connectivity index (χ3n) is 5.15. The highest BCUT2D eigenvalue weighted by Gasteiger charge is 2.10. The Hall–Kier alpha value is -3.32. The first kappa shape index (κ1) is 21.9. The average molecular weight is 451 g/mol. The van der Waals surface area contributed by atoms with Crippen LogP contribution in [0.4, 0.5) is 0 Å². The fourth-order valence-corrected chi connectivity index (χ4v) is 4.31. The minimum absolute atomic E-state index is 0.0152. The molecule has 4 aromatic rings. The number of fused-ring (bicyclic) bond motifs is 1. The zero-order valence-corrected chi connectivity index (χ0v) is 18.8. The number of rotatable bonds is 11. The molecule has 0 saturated carbocycles. The molecule has 0 radical (unpaired) electrons. The number of aliphatic carboxylic acids is 1. The molecular weight excluding hydrogens is 424 g/mol. The summed E-state index contributed by atoms with van der Waals surface area (Å²) in [6, 6.07) is 12.0. The minimum Gasteiger partial charge on any atom is -0.493 e. The van der Waals surface area contributed by atoms with E-state index in [0.29, 0.717) is 13.2 Å². The lowest BCUT2D eigenvalue weighted by molar-refractivity contribution is -0.136. The molecule has 2 heterocycles. The quantitative estimate of drug-likeness (QED) is 0.286. The fourth-order valence-electron chi connectivity index (χ4n) is 3.67. The molecular formula is C25H26N2O4S. The van der Waals surface area contributed by atoms with Crippen LogP contribution >= 0.6 is 11.3 Å². The number of benzene rings is 2. The number of hydrogen-bond donors (Lipinski definition) is 2. The summed E-state index contributed by atoms with van der Waals surface area (Å²) in [6.45, 7) is 3.24. The zero-order chi connectivity index (χ0) is 22.3. The van der Waals surface area contributed by atoms with Gasteiger partial charge in [0.2, 0.25) is 0 Å². The van der Waals surface area contributed by atoms with Crippen LogP contribution in [0, 0.1) is 0 Å². The van der Waals surface area contributed by atoms with E-state index in [0.717, 1.165) is 57.8 Å². The van der Waals surface area contributed by atoms with E-state index in [1.807, 2.05) is 35.8 Å². The van der Waals surface area contributed by atoms with Crippen LogP contribution in [0.25, 0.3) is 21.5 Å². The van der Waals surface area contributed by atoms with E-state index >= 15 is 0 Å². The first-order valence-corrected chi connectivity index (χ1v) is 11.6. The summed E-state index contributed by atoms with van der Waals surface area (Å²) in [5, 5.41) is 13.0. The van der Waals surface area contributed by atoms with Crippen molar-refractivity contribution in [1.82, 2.24) is 9.97 Å². The van der Waals surface area contributed by atoms with Gasteiger partial charge in [-0.3, -0.25) is 4.79 Å². The zero-order valence-electron chi connectivity index (χ0n) is 18.0. The number of carboxylic acid groups (broad SMARTS) is 1. The van der Waals surface area contributed by atoms with E-state index in [9.17, 15) is 4.79 Å². The van der Waals surface area contributed by atoms with Crippen molar-refractivity contribution < 1.29 is 19.4 Å². The molecule has 0 aliphatic heterocycles. The van der Waals surface area contributed by atoms with Crippen LogP contribution in [0.5, 0.6) is 11.5 Å². The van der Waals surface area contributed by atoms with Gasteiger partial charge in [-0.15, -0.1) is 11.3 Å². The van der Waals surface area contributed by atoms with Crippen molar-refractivity contribution in [3.05, 3.63) is 65.3 Å². The molecule has 7 heteroatoms. The monoisotopic (exact) mass is 450 g/mol. The van der Waals surface area contributed by atoms with Crippen LogP contribution in [0.3, 0.4) is 0 Å². The van der Waals surface area contributed by atoms with Gasteiger partial charge in [0.1, 0.15) is 16.5 Å². The van der Waals surface area contributed by atoms with Gasteiger partial charge in [0.05, 0.1) is 19.6 Å². The van der Waals surface area contributed by atoms with E-state index in [1.54, 1.807) is 17.5 Å². The average Bonchev–Trinajstić information content (AvgIpc) is 3.45. The number of ether oxygens (including phenoxy) is 2. The molecule has 32 heavy (non-hydrogen) atoms. The molecule has 2 aromatic carbocycles. The normalized spacial score (nSPS) is 11.0. The Morgan fingerprint density at radius 2 is 2.00 bits per heavy atom. The van der Waals surface area contributed by atoms with Crippen LogP contribution in [-0.4, -0.2) is 34.3 Å². The number of thiazole rings is 1. The summed E-state index contributed by atoms with van der Waals surface area (Å²) in [4.78, 5) is 18.5. The van der Waals surface area contributed by atoms with Crippen LogP contribution < -0.4 is 9.47 Å². The number of nitrogens with zero attached hydrogens (tertiary/aromatic N) is 1. The predicted molar refractivity (Wildman–Crippen MR) is 127 cm³/mol. The van der Waals surface area contributed by atoms with E-state index in [4.69, 9.17) is 14.6 Å². The van der Waals surface area contributed by atoms with Gasteiger partial charge in [0, 0.05) is 40.7 Å². The van der Waals surface area contributed by atoms with Gasteiger partial charge in [-0.1, -0.05) is 13.3 Å². The third-order valence-corrected chi connectivity index (χ3v) is 5.98. The van der Waals surface area contributed by atoms with Gasteiger partial charge in [-0.2, -0.15) is 0 Å². The molecule has 0 amide bonds. The maximum atomic E-state index is 11.0. The Balaban J connectivity index is 1.32. The summed E-state index contributed by atoms with van der Waals surface area (Å²) < 4.78 is 11.9. The van der Waals surface area contributed by atoms with Crippen molar-refractivity contribution >= 4 is 28.2 Å². The molecule has 6 nitrogen and oxygen atoms in total. The summed E-state index contributed by atoms with van der Waals surface area (Å²) in [5.41, 5.74) is 3.99. The van der Waals surface area contributed by atoms with Gasteiger partial charge >= 0.3 is 5.97 Å². The van der Waals surface area contributed by atoms with Crippen molar-refractivity contribution in [3.8, 4) is 22.1 Å². The van der Waals surface area contributed by atoms with Crippen molar-refractivity contribution in [3.63, 3.8) is 0 Å². The molecule has 4 rings (SSSR count). The van der Waals surface area contributed by atoms with Gasteiger partial charge < -0.3 is 19.6 Å². The van der Waals surface area contributed by atoms with E-state index < -0.39 is 5.97 Å². The maximum absolute atomic E-state index is 11.0. The van der Waals surface area contributed by atoms with Gasteiger partial charge in [-0.05, 0) is 53.9 Å². The van der Waals surface area contributed by atoms with Crippen molar-refractivity contribution in [1.29, 1.82) is 0 Å². The number of carbonyl (C=O) groups is 1. The van der Waals surface area contributed by atoms with Crippen LogP contribution in [0.1, 0.15) is 30.9 Å². The molecule has 0 atom stereocenters. The summed E-state index contributed by atoms with van der Waals surface area (Å²) in [5.74, 6) is 0.791. The Labute approximate surface area is 190 Å². The van der Waals surface area contributed by atoms with Crippen LogP contribution in [0.2, 0.25) is 0 Å². The molecule has 0 saturated heterocycles. The Bertz CT molecular complexity index is 1180. The molecule has 2 N–H and O–H groups in total. The molecule has 0 aliphatic carbocycles. The highest BCUT2D eigenvalue weighted by atomic mass is 32.1. The smallest absolute Gasteiger partial charge is 0.307 e. The van der Waals surface area contributed by atoms with Crippen molar-refractivity contribution in [2.45, 2.75) is 32.6 Å². The second kappa shape index (κ2) is 10.3. The maximum Gasteiger partial charge on any atom is 0.307 e. The molecule has 0 aliphatic rings. The summed E-state index contributed by atoms with van der Waals surface area (Å²) in [7, 11) is 0. The van der Waals surface area contributed by atoms with E-state index in [1.165, 1.54) is 5.56 Å². The Morgan fingerprint density at radius 1 is 1.12 bits per heavy atom. The fraction of sp³-hybridized carbons (Fsp3) is 0.280. The Kier molecular flexibility index (Phi) is 7.07. The number of H-pyrrole nitrogens is 1. The van der Waals surface area contributed by atoms with Gasteiger partial charge in [-0.25, -0.2) is 4.98 Å². The number of nitrogens with one attached hydrogen (secondary N) is 1. The van der Waals surface area contributed by atoms with Crippen molar-refractivity contribution in [2.24, 2.45) is 0 Å². The number of hydrogen-bond acceptors (Lipinski definition) is 5. The van der Waals surface area contributed by atoms with E-state index in [-0.39, 0.29) is 6.42 Å². The molecule has 166 valence electrons. The number of aryl methyl sites for hydroxylation is 1. The van der Waals surface area contributed by atoms with Gasteiger partial charge in [0.25, 0.3) is 0 Å². The highest BCUT2D eigenvalue weighted by Crippen LogP contribution is 2.29. The van der Waals surface area contributed by atoms with E-state index in [2.05, 4.69) is 29.0 Å². The topological polar surface area (TPSA) is 84.4 Å². The lowest BCUT2D eigenvalue weighted by atomic mass is 10.1. The van der Waals surface area contributed by atoms with Crippen molar-refractivity contribution in [2.75, 3.05) is 13.2 Å². The lowest BCUT2D eigenvalue weighted by Gasteiger charge is -2.13. The molecule has 0 bridgehead atoms. The molecule has 0 spiro atoms. The first-order valence-electron chi connectivity index (χ1n) is 10.7. The SMILES string of the molecule is CCCc1cc(-c2nccs2)ccc1OCCCOc1ccc2[nH]cc(CC(=O)O)c2c1. The Morgan fingerprint density at radius 3 is 2.78 bits per heavy atom. The first-order chi connectivity index (χ1) is 15.6. The molecule has 0 fully saturated rings. The molecule has 2 aromatic heterocycles. The second-order valence-electron chi connectivity index (χ2n) is 7.55. The summed E-state index contributed by atoms with van der Waals surface area (Å²) >= 11 is 1.64. The third kappa shape index (κ3) is 5.29. The van der Waals surface area contributed by atoms with Crippen LogP contribution in [0.15, 0.2) is 54.2 Å². The predicted octanol–water partition coefficient (Wildman–Crippen LogP) is 5.72. The lowest BCUT2D eigenvalue weighted by Crippen LogP contribution is -2.06. The second-order valence-corrected chi connectivity index (χ2v) is 8.45. The minimum atomic E-state index is -0.850. The standard InChI is InChI=1S/C25H26N2O4S/c1-2-4-17-13-18(25-26-9-12-32-25)5-8-23(17)31-11-3-10-30-20-6-7-22-21(15-20)19(16-27-22)14-24(28)29/h5-9,12-13,15-16,27H,2-4,10-11,14H2,1H3,(H,28,29). The summed E-state index contributed by atoms with van der Waals surface area (Å²) in [6.07, 6.45) is 6.30. The largest absolute Gasteiger partial charge is 0.493 e.